The molecule has 1 aliphatic heterocycles. The van der Waals surface area contributed by atoms with Crippen molar-refractivity contribution >= 4 is 22.6 Å². The van der Waals surface area contributed by atoms with Crippen LogP contribution in [0, 0.1) is 13.8 Å². The van der Waals surface area contributed by atoms with Gasteiger partial charge >= 0.3 is 0 Å². The number of anilines is 1. The van der Waals surface area contributed by atoms with E-state index in [1.165, 1.54) is 11.6 Å². The molecule has 0 radical (unpaired) electrons. The van der Waals surface area contributed by atoms with Gasteiger partial charge in [0.1, 0.15) is 12.1 Å². The maximum Gasteiger partial charge on any atom is 0.246 e. The van der Waals surface area contributed by atoms with E-state index < -0.39 is 0 Å². The van der Waals surface area contributed by atoms with Gasteiger partial charge in [0.25, 0.3) is 0 Å². The van der Waals surface area contributed by atoms with Gasteiger partial charge in [0.15, 0.2) is 0 Å². The minimum Gasteiger partial charge on any atom is -0.394 e. The Hall–Kier alpha value is -3.25. The van der Waals surface area contributed by atoms with Crippen LogP contribution in [0.4, 0.5) is 5.82 Å². The highest BCUT2D eigenvalue weighted by Crippen LogP contribution is 2.32. The maximum atomic E-state index is 12.1. The Morgan fingerprint density at radius 2 is 1.97 bits per heavy atom. The van der Waals surface area contributed by atoms with Gasteiger partial charge in [-0.05, 0) is 48.7 Å². The number of nitrogens with zero attached hydrogens (tertiary/aromatic N) is 4. The van der Waals surface area contributed by atoms with Crippen molar-refractivity contribution in [2.24, 2.45) is 0 Å². The molecular weight excluding hydrogens is 376 g/mol. The normalized spacial score (nSPS) is 16.7. The van der Waals surface area contributed by atoms with Crippen LogP contribution >= 0.6 is 0 Å². The van der Waals surface area contributed by atoms with Gasteiger partial charge < -0.3 is 14.9 Å². The molecule has 1 atom stereocenters. The minimum absolute atomic E-state index is 0.104. The summed E-state index contributed by atoms with van der Waals surface area (Å²) in [5.74, 6) is 0.677. The summed E-state index contributed by atoms with van der Waals surface area (Å²) in [6, 6.07) is 12.4. The Balaban J connectivity index is 1.74. The molecule has 30 heavy (non-hydrogen) atoms. The first-order valence-corrected chi connectivity index (χ1v) is 10.1. The Morgan fingerprint density at radius 1 is 1.20 bits per heavy atom. The predicted molar refractivity (Wildman–Crippen MR) is 119 cm³/mol. The number of fused-ring (bicyclic) bond motifs is 1. The van der Waals surface area contributed by atoms with Crippen molar-refractivity contribution < 1.29 is 9.90 Å². The second kappa shape index (κ2) is 8.24. The van der Waals surface area contributed by atoms with Gasteiger partial charge in [0.2, 0.25) is 5.91 Å². The molecule has 1 aromatic heterocycles. The van der Waals surface area contributed by atoms with Crippen molar-refractivity contribution in [3.05, 3.63) is 66.5 Å². The predicted octanol–water partition coefficient (Wildman–Crippen LogP) is 3.11. The van der Waals surface area contributed by atoms with Gasteiger partial charge in [-0.1, -0.05) is 36.4 Å². The Morgan fingerprint density at radius 3 is 2.67 bits per heavy atom. The summed E-state index contributed by atoms with van der Waals surface area (Å²) >= 11 is 0. The third kappa shape index (κ3) is 3.66. The van der Waals surface area contributed by atoms with E-state index in [1.54, 1.807) is 11.2 Å². The van der Waals surface area contributed by atoms with Crippen molar-refractivity contribution in [3.63, 3.8) is 0 Å². The number of rotatable bonds is 4. The van der Waals surface area contributed by atoms with E-state index in [0.29, 0.717) is 19.6 Å². The standard InChI is InChI=1S/C24H26N4O2/c1-4-23(30)28-10-9-27(13-19(28)14-29)24-21-12-20(18-7-5-16(2)6-8-18)17(3)11-22(21)25-15-26-24/h4-8,11-12,15,19,29H,1,9-10,13-14H2,2-3H3/t19-/m1/s1. The van der Waals surface area contributed by atoms with E-state index in [9.17, 15) is 9.90 Å². The monoisotopic (exact) mass is 402 g/mol. The highest BCUT2D eigenvalue weighted by Gasteiger charge is 2.30. The third-order valence-corrected chi connectivity index (χ3v) is 5.77. The molecule has 2 heterocycles. The van der Waals surface area contributed by atoms with Gasteiger partial charge in [0, 0.05) is 25.0 Å². The van der Waals surface area contributed by atoms with E-state index in [1.807, 2.05) is 0 Å². The molecule has 1 fully saturated rings. The van der Waals surface area contributed by atoms with Crippen molar-refractivity contribution in [2.45, 2.75) is 19.9 Å². The molecule has 3 aromatic rings. The van der Waals surface area contributed by atoms with Gasteiger partial charge in [-0.25, -0.2) is 9.97 Å². The van der Waals surface area contributed by atoms with Gasteiger partial charge in [0.05, 0.1) is 18.2 Å². The summed E-state index contributed by atoms with van der Waals surface area (Å²) < 4.78 is 0. The number of piperazine rings is 1. The summed E-state index contributed by atoms with van der Waals surface area (Å²) in [4.78, 5) is 25.0. The molecule has 6 nitrogen and oxygen atoms in total. The van der Waals surface area contributed by atoms with Gasteiger partial charge in [-0.3, -0.25) is 4.79 Å². The van der Waals surface area contributed by atoms with Crippen LogP contribution in [0.3, 0.4) is 0 Å². The third-order valence-electron chi connectivity index (χ3n) is 5.77. The lowest BCUT2D eigenvalue weighted by Crippen LogP contribution is -2.56. The van der Waals surface area contributed by atoms with E-state index in [0.717, 1.165) is 33.4 Å². The number of carbonyl (C=O) groups is 1. The number of amides is 1. The molecule has 0 spiro atoms. The Kier molecular flexibility index (Phi) is 5.50. The average molecular weight is 402 g/mol. The van der Waals surface area contributed by atoms with Crippen LogP contribution in [-0.4, -0.2) is 58.2 Å². The lowest BCUT2D eigenvalue weighted by molar-refractivity contribution is -0.129. The molecule has 0 bridgehead atoms. The lowest BCUT2D eigenvalue weighted by Gasteiger charge is -2.41. The maximum absolute atomic E-state index is 12.1. The summed E-state index contributed by atoms with van der Waals surface area (Å²) in [6.07, 6.45) is 2.88. The first kappa shape index (κ1) is 20.0. The van der Waals surface area contributed by atoms with Crippen LogP contribution in [0.25, 0.3) is 22.0 Å². The van der Waals surface area contributed by atoms with Crippen molar-refractivity contribution in [1.29, 1.82) is 0 Å². The number of aromatic nitrogens is 2. The van der Waals surface area contributed by atoms with E-state index in [4.69, 9.17) is 0 Å². The molecule has 154 valence electrons. The van der Waals surface area contributed by atoms with Crippen LogP contribution in [0.1, 0.15) is 11.1 Å². The first-order chi connectivity index (χ1) is 14.5. The molecule has 6 heteroatoms. The zero-order valence-corrected chi connectivity index (χ0v) is 17.4. The minimum atomic E-state index is -0.295. The largest absolute Gasteiger partial charge is 0.394 e. The molecule has 0 saturated carbocycles. The van der Waals surface area contributed by atoms with Gasteiger partial charge in [-0.2, -0.15) is 0 Å². The fraction of sp³-hybridized carbons (Fsp3) is 0.292. The van der Waals surface area contributed by atoms with Crippen molar-refractivity contribution in [2.75, 3.05) is 31.1 Å². The average Bonchev–Trinajstić information content (AvgIpc) is 2.78. The summed E-state index contributed by atoms with van der Waals surface area (Å²) in [6.45, 7) is 9.30. The van der Waals surface area contributed by atoms with Crippen LogP contribution in [0.15, 0.2) is 55.4 Å². The quantitative estimate of drug-likeness (QED) is 0.679. The van der Waals surface area contributed by atoms with Crippen molar-refractivity contribution in [3.8, 4) is 11.1 Å². The van der Waals surface area contributed by atoms with E-state index >= 15 is 0 Å². The van der Waals surface area contributed by atoms with Crippen molar-refractivity contribution in [1.82, 2.24) is 14.9 Å². The second-order valence-electron chi connectivity index (χ2n) is 7.77. The summed E-state index contributed by atoms with van der Waals surface area (Å²) in [7, 11) is 0. The smallest absolute Gasteiger partial charge is 0.246 e. The highest BCUT2D eigenvalue weighted by atomic mass is 16.3. The summed E-state index contributed by atoms with van der Waals surface area (Å²) in [5, 5.41) is 10.8. The molecule has 0 unspecified atom stereocenters. The highest BCUT2D eigenvalue weighted by molar-refractivity contribution is 5.94. The molecule has 0 aliphatic carbocycles. The number of aliphatic hydroxyl groups is 1. The SMILES string of the molecule is C=CC(=O)N1CCN(c2ncnc3cc(C)c(-c4ccc(C)cc4)cc23)C[C@@H]1CO. The fourth-order valence-corrected chi connectivity index (χ4v) is 4.10. The lowest BCUT2D eigenvalue weighted by atomic mass is 9.97. The van der Waals surface area contributed by atoms with Crippen LogP contribution in [0.2, 0.25) is 0 Å². The first-order valence-electron chi connectivity index (χ1n) is 10.1. The molecule has 1 aliphatic rings. The summed E-state index contributed by atoms with van der Waals surface area (Å²) in [5.41, 5.74) is 5.58. The zero-order valence-electron chi connectivity index (χ0n) is 17.4. The van der Waals surface area contributed by atoms with Crippen LogP contribution < -0.4 is 4.90 Å². The number of benzene rings is 2. The van der Waals surface area contributed by atoms with Crippen LogP contribution in [0.5, 0.6) is 0 Å². The van der Waals surface area contributed by atoms with Crippen LogP contribution in [-0.2, 0) is 4.79 Å². The van der Waals surface area contributed by atoms with Gasteiger partial charge in [-0.15, -0.1) is 0 Å². The Bertz CT molecular complexity index is 1090. The molecule has 4 rings (SSSR count). The molecule has 1 saturated heterocycles. The molecule has 1 amide bonds. The number of hydrogen-bond acceptors (Lipinski definition) is 5. The zero-order chi connectivity index (χ0) is 21.3. The number of carbonyl (C=O) groups excluding carboxylic acids is 1. The number of aryl methyl sites for hydroxylation is 2. The molecule has 1 N–H and O–H groups in total. The van der Waals surface area contributed by atoms with E-state index in [2.05, 4.69) is 71.7 Å². The second-order valence-corrected chi connectivity index (χ2v) is 7.77. The topological polar surface area (TPSA) is 69.6 Å². The number of aliphatic hydroxyl groups excluding tert-OH is 1. The van der Waals surface area contributed by atoms with E-state index in [-0.39, 0.29) is 18.6 Å². The fourth-order valence-electron chi connectivity index (χ4n) is 4.10. The molecule has 2 aromatic carbocycles. The number of hydrogen-bond donors (Lipinski definition) is 1. The Labute approximate surface area is 176 Å². The molecular formula is C24H26N4O2.